The number of carbonyl (C=O) groups is 3. The fourth-order valence-corrected chi connectivity index (χ4v) is 7.55. The quantitative estimate of drug-likeness (QED) is 0.528. The average molecular weight is 564 g/mol. The van der Waals surface area contributed by atoms with Gasteiger partial charge in [-0.05, 0) is 62.8 Å². The third-order valence-electron chi connectivity index (χ3n) is 8.31. The highest BCUT2D eigenvalue weighted by molar-refractivity contribution is 7.92. The number of amides is 3. The van der Waals surface area contributed by atoms with Crippen LogP contribution in [0.4, 0.5) is 4.79 Å². The Labute approximate surface area is 226 Å². The highest BCUT2D eigenvalue weighted by Gasteiger charge is 2.52. The van der Waals surface area contributed by atoms with E-state index in [1.54, 1.807) is 0 Å². The zero-order valence-electron chi connectivity index (χ0n) is 20.8. The van der Waals surface area contributed by atoms with Crippen LogP contribution >= 0.6 is 11.6 Å². The molecule has 13 heteroatoms. The molecule has 204 valence electrons. The summed E-state index contributed by atoms with van der Waals surface area (Å²) < 4.78 is 26.9. The molecule has 3 amide bonds. The largest absolute Gasteiger partial charge is 0.465 e. The maximum Gasteiger partial charge on any atom is 0.407 e. The molecular formula is C25H30ClN5O6S. The molecule has 0 radical (unpaired) electrons. The van der Waals surface area contributed by atoms with Gasteiger partial charge in [-0.1, -0.05) is 11.6 Å². The molecule has 0 aromatic heterocycles. The number of hydrogen-bond donors (Lipinski definition) is 2. The molecule has 38 heavy (non-hydrogen) atoms. The lowest BCUT2D eigenvalue weighted by atomic mass is 9.93. The number of piperidine rings is 1. The van der Waals surface area contributed by atoms with Crippen molar-refractivity contribution in [2.75, 3.05) is 26.2 Å². The van der Waals surface area contributed by atoms with Crippen LogP contribution in [0.2, 0.25) is 5.02 Å². The summed E-state index contributed by atoms with van der Waals surface area (Å²) >= 11 is 5.93. The molecule has 1 aliphatic carbocycles. The lowest BCUT2D eigenvalue weighted by molar-refractivity contribution is -0.148. The zero-order chi connectivity index (χ0) is 27.2. The summed E-state index contributed by atoms with van der Waals surface area (Å²) in [4.78, 5) is 43.2. The minimum absolute atomic E-state index is 0.0464. The predicted octanol–water partition coefficient (Wildman–Crippen LogP) is 1.47. The van der Waals surface area contributed by atoms with Crippen LogP contribution in [0.3, 0.4) is 0 Å². The van der Waals surface area contributed by atoms with E-state index in [0.717, 1.165) is 0 Å². The van der Waals surface area contributed by atoms with Crippen molar-refractivity contribution in [1.82, 2.24) is 20.0 Å². The molecule has 3 heterocycles. The molecule has 1 aromatic rings. The van der Waals surface area contributed by atoms with Gasteiger partial charge in [0.1, 0.15) is 11.6 Å². The number of likely N-dealkylation sites (tertiary alicyclic amines) is 3. The van der Waals surface area contributed by atoms with Crippen LogP contribution in [0.1, 0.15) is 38.5 Å². The number of rotatable bonds is 6. The molecule has 1 unspecified atom stereocenters. The maximum absolute atomic E-state index is 13.8. The minimum Gasteiger partial charge on any atom is -0.465 e. The van der Waals surface area contributed by atoms with E-state index in [0.29, 0.717) is 56.8 Å². The summed E-state index contributed by atoms with van der Waals surface area (Å²) in [6.07, 6.45) is 1.83. The van der Waals surface area contributed by atoms with Crippen molar-refractivity contribution in [3.8, 4) is 6.07 Å². The number of hydrogen-bond acceptors (Lipinski definition) is 7. The Bertz CT molecular complexity index is 1270. The molecule has 3 aliphatic heterocycles. The van der Waals surface area contributed by atoms with Crippen LogP contribution < -0.4 is 5.32 Å². The van der Waals surface area contributed by atoms with Crippen LogP contribution in [0.15, 0.2) is 29.2 Å². The Hall–Kier alpha value is -2.88. The third-order valence-corrected chi connectivity index (χ3v) is 10.7. The Morgan fingerprint density at radius 2 is 1.71 bits per heavy atom. The van der Waals surface area contributed by atoms with Gasteiger partial charge in [-0.15, -0.1) is 0 Å². The van der Waals surface area contributed by atoms with Gasteiger partial charge in [0.15, 0.2) is 9.84 Å². The number of nitriles is 1. The van der Waals surface area contributed by atoms with Crippen LogP contribution in [0.25, 0.3) is 0 Å². The Morgan fingerprint density at radius 1 is 1.05 bits per heavy atom. The fourth-order valence-electron chi connectivity index (χ4n) is 5.73. The highest BCUT2D eigenvalue weighted by atomic mass is 35.5. The van der Waals surface area contributed by atoms with Crippen molar-refractivity contribution >= 4 is 39.3 Å². The molecule has 1 saturated carbocycles. The lowest BCUT2D eigenvalue weighted by Crippen LogP contribution is -2.63. The van der Waals surface area contributed by atoms with E-state index in [4.69, 9.17) is 11.6 Å². The first-order valence-electron chi connectivity index (χ1n) is 12.8. The molecule has 4 fully saturated rings. The van der Waals surface area contributed by atoms with E-state index in [1.807, 2.05) is 0 Å². The second-order valence-corrected chi connectivity index (χ2v) is 13.3. The SMILES string of the molecule is N#CC1(NC(=O)[C@@H]2C[C@@H](S(=O)(=O)c3ccc(Cl)cc3)CN2C(=O)C2CCN2C2CCN(C(=O)O)CC2)CC1. The van der Waals surface area contributed by atoms with Crippen molar-refractivity contribution in [2.45, 2.75) is 72.3 Å². The molecule has 5 rings (SSSR count). The van der Waals surface area contributed by atoms with Gasteiger partial charge in [0.25, 0.3) is 0 Å². The standard InChI is InChI=1S/C25H30ClN5O6S/c26-16-1-3-18(4-2-16)38(36,37)19-13-21(22(32)28-25(15-27)8-9-25)31(14-19)23(33)20-7-12-30(20)17-5-10-29(11-6-17)24(34)35/h1-4,17,19-21H,5-14H2,(H,28,32)(H,34,35)/t19-,20?,21+/m1/s1. The minimum atomic E-state index is -3.86. The number of sulfone groups is 1. The maximum atomic E-state index is 13.8. The summed E-state index contributed by atoms with van der Waals surface area (Å²) in [5.41, 5.74) is -0.945. The average Bonchev–Trinajstić information content (AvgIpc) is 3.48. The summed E-state index contributed by atoms with van der Waals surface area (Å²) in [6.45, 7) is 1.35. The normalized spacial score (nSPS) is 27.3. The van der Waals surface area contributed by atoms with Crippen molar-refractivity contribution in [1.29, 1.82) is 5.26 Å². The molecule has 1 aromatic carbocycles. The summed E-state index contributed by atoms with van der Waals surface area (Å²) in [6, 6.07) is 6.48. The Kier molecular flexibility index (Phi) is 7.04. The van der Waals surface area contributed by atoms with Gasteiger partial charge in [0, 0.05) is 37.2 Å². The van der Waals surface area contributed by atoms with Crippen LogP contribution in [0.5, 0.6) is 0 Å². The first kappa shape index (κ1) is 26.7. The Balaban J connectivity index is 1.34. The van der Waals surface area contributed by atoms with E-state index in [1.165, 1.54) is 34.1 Å². The number of nitrogens with zero attached hydrogens (tertiary/aromatic N) is 4. The second-order valence-electron chi connectivity index (χ2n) is 10.6. The van der Waals surface area contributed by atoms with Gasteiger partial charge in [-0.2, -0.15) is 5.26 Å². The van der Waals surface area contributed by atoms with Gasteiger partial charge >= 0.3 is 6.09 Å². The van der Waals surface area contributed by atoms with Gasteiger partial charge in [-0.25, -0.2) is 13.2 Å². The molecule has 3 atom stereocenters. The number of carbonyl (C=O) groups excluding carboxylic acids is 2. The van der Waals surface area contributed by atoms with Gasteiger partial charge in [-0.3, -0.25) is 14.5 Å². The number of carboxylic acid groups (broad SMARTS) is 1. The molecule has 0 spiro atoms. The topological polar surface area (TPSA) is 151 Å². The molecule has 2 N–H and O–H groups in total. The molecule has 11 nitrogen and oxygen atoms in total. The van der Waals surface area contributed by atoms with Crippen LogP contribution in [0, 0.1) is 11.3 Å². The number of halogens is 1. The monoisotopic (exact) mass is 563 g/mol. The van der Waals surface area contributed by atoms with Crippen molar-refractivity contribution in [3.05, 3.63) is 29.3 Å². The van der Waals surface area contributed by atoms with Gasteiger partial charge in [0.05, 0.1) is 22.3 Å². The van der Waals surface area contributed by atoms with Gasteiger partial charge in [0.2, 0.25) is 11.8 Å². The highest BCUT2D eigenvalue weighted by Crippen LogP contribution is 2.37. The zero-order valence-corrected chi connectivity index (χ0v) is 22.3. The number of benzene rings is 1. The predicted molar refractivity (Wildman–Crippen MR) is 136 cm³/mol. The number of nitrogens with one attached hydrogen (secondary N) is 1. The van der Waals surface area contributed by atoms with E-state index >= 15 is 0 Å². The molecular weight excluding hydrogens is 534 g/mol. The van der Waals surface area contributed by atoms with E-state index in [2.05, 4.69) is 16.3 Å². The van der Waals surface area contributed by atoms with E-state index < -0.39 is 44.7 Å². The fraction of sp³-hybridized carbons (Fsp3) is 0.600. The smallest absolute Gasteiger partial charge is 0.407 e. The summed E-state index contributed by atoms with van der Waals surface area (Å²) in [5.74, 6) is -0.806. The van der Waals surface area contributed by atoms with Crippen molar-refractivity contribution < 1.29 is 27.9 Å². The Morgan fingerprint density at radius 3 is 2.24 bits per heavy atom. The first-order chi connectivity index (χ1) is 18.0. The molecule has 4 aliphatic rings. The molecule has 0 bridgehead atoms. The first-order valence-corrected chi connectivity index (χ1v) is 14.7. The second kappa shape index (κ2) is 10.0. The molecule has 3 saturated heterocycles. The summed E-state index contributed by atoms with van der Waals surface area (Å²) in [7, 11) is -3.86. The van der Waals surface area contributed by atoms with Crippen molar-refractivity contribution in [3.63, 3.8) is 0 Å². The van der Waals surface area contributed by atoms with E-state index in [9.17, 15) is 33.2 Å². The van der Waals surface area contributed by atoms with Gasteiger partial charge < -0.3 is 20.2 Å². The van der Waals surface area contributed by atoms with Crippen molar-refractivity contribution in [2.24, 2.45) is 0 Å². The van der Waals surface area contributed by atoms with Crippen LogP contribution in [-0.4, -0.2) is 101 Å². The van der Waals surface area contributed by atoms with Crippen LogP contribution in [-0.2, 0) is 19.4 Å². The van der Waals surface area contributed by atoms with E-state index in [-0.39, 0.29) is 29.8 Å². The summed E-state index contributed by atoms with van der Waals surface area (Å²) in [5, 5.41) is 20.8. The lowest BCUT2D eigenvalue weighted by Gasteiger charge is -2.48. The third kappa shape index (κ3) is 4.95.